The summed E-state index contributed by atoms with van der Waals surface area (Å²) in [6, 6.07) is 0. The summed E-state index contributed by atoms with van der Waals surface area (Å²) < 4.78 is 0. The second kappa shape index (κ2) is 5.96. The lowest BCUT2D eigenvalue weighted by atomic mass is 10.1. The topological polar surface area (TPSA) is 44.9 Å². The number of nitrogens with one attached hydrogen (secondary N) is 2. The Kier molecular flexibility index (Phi) is 4.31. The first kappa shape index (κ1) is 13.0. The number of hydrogen-bond donors (Lipinski definition) is 2. The van der Waals surface area contributed by atoms with Gasteiger partial charge in [-0.25, -0.2) is 0 Å². The average molecular weight is 262 g/mol. The molecule has 18 heavy (non-hydrogen) atoms. The lowest BCUT2D eigenvalue weighted by Gasteiger charge is -2.09. The fourth-order valence-corrected chi connectivity index (χ4v) is 2.47. The van der Waals surface area contributed by atoms with Crippen LogP contribution in [0, 0.1) is 0 Å². The van der Waals surface area contributed by atoms with Crippen LogP contribution in [-0.2, 0) is 17.6 Å². The Morgan fingerprint density at radius 2 is 2.39 bits per heavy atom. The highest BCUT2D eigenvalue weighted by Gasteiger charge is 2.15. The molecule has 1 amide bonds. The zero-order valence-electron chi connectivity index (χ0n) is 10.7. The van der Waals surface area contributed by atoms with E-state index in [0.29, 0.717) is 5.75 Å². The van der Waals surface area contributed by atoms with Crippen LogP contribution in [0.25, 0.3) is 5.70 Å². The molecule has 4 heteroatoms. The number of fused-ring (bicyclic) bond motifs is 1. The van der Waals surface area contributed by atoms with Gasteiger partial charge in [0.15, 0.2) is 0 Å². The van der Waals surface area contributed by atoms with Crippen molar-refractivity contribution in [2.45, 2.75) is 19.8 Å². The monoisotopic (exact) mass is 262 g/mol. The van der Waals surface area contributed by atoms with Crippen molar-refractivity contribution in [3.8, 4) is 0 Å². The molecule has 0 aromatic carbocycles. The molecule has 0 aliphatic heterocycles. The van der Waals surface area contributed by atoms with Gasteiger partial charge in [-0.1, -0.05) is 19.1 Å². The van der Waals surface area contributed by atoms with Crippen molar-refractivity contribution in [2.75, 3.05) is 12.0 Å². The predicted molar refractivity (Wildman–Crippen MR) is 77.5 cm³/mol. The number of allylic oxidation sites excluding steroid dienone is 3. The van der Waals surface area contributed by atoms with E-state index in [1.807, 2.05) is 24.6 Å². The summed E-state index contributed by atoms with van der Waals surface area (Å²) in [4.78, 5) is 15.0. The maximum atomic E-state index is 11.7. The molecule has 1 aromatic heterocycles. The quantitative estimate of drug-likeness (QED) is 0.875. The molecule has 96 valence electrons. The Labute approximate surface area is 112 Å². The third kappa shape index (κ3) is 2.70. The van der Waals surface area contributed by atoms with Crippen LogP contribution in [0.3, 0.4) is 0 Å². The number of H-pyrrole nitrogens is 1. The highest BCUT2D eigenvalue weighted by Crippen LogP contribution is 2.24. The Morgan fingerprint density at radius 1 is 1.56 bits per heavy atom. The van der Waals surface area contributed by atoms with Crippen LogP contribution in [-0.4, -0.2) is 22.9 Å². The standard InChI is InChI=1S/C14H18N2OS/c1-3-10-8-15-14-11(10)6-4-5-7-12(14)16-13(17)9-18-2/h4-5,7-8,15H,3,6,9H2,1-2H3,(H,16,17). The molecule has 1 aliphatic carbocycles. The summed E-state index contributed by atoms with van der Waals surface area (Å²) in [5.74, 6) is 0.528. The molecule has 0 spiro atoms. The van der Waals surface area contributed by atoms with Gasteiger partial charge in [-0.2, -0.15) is 11.8 Å². The van der Waals surface area contributed by atoms with Gasteiger partial charge < -0.3 is 10.3 Å². The summed E-state index contributed by atoms with van der Waals surface area (Å²) in [6.07, 6.45) is 12.0. The Bertz CT molecular complexity index is 500. The van der Waals surface area contributed by atoms with Crippen molar-refractivity contribution in [2.24, 2.45) is 0 Å². The van der Waals surface area contributed by atoms with Gasteiger partial charge in [-0.15, -0.1) is 0 Å². The second-order valence-corrected chi connectivity index (χ2v) is 5.08. The number of carbonyl (C=O) groups is 1. The van der Waals surface area contributed by atoms with Gasteiger partial charge >= 0.3 is 0 Å². The summed E-state index contributed by atoms with van der Waals surface area (Å²) in [5.41, 5.74) is 4.53. The lowest BCUT2D eigenvalue weighted by Crippen LogP contribution is -2.24. The number of aromatic amines is 1. The first-order valence-corrected chi connectivity index (χ1v) is 7.50. The van der Waals surface area contributed by atoms with Gasteiger partial charge in [0.2, 0.25) is 5.91 Å². The largest absolute Gasteiger partial charge is 0.359 e. The van der Waals surface area contributed by atoms with Gasteiger partial charge in [-0.3, -0.25) is 4.79 Å². The number of hydrogen-bond acceptors (Lipinski definition) is 2. The Morgan fingerprint density at radius 3 is 3.11 bits per heavy atom. The number of thioether (sulfide) groups is 1. The third-order valence-electron chi connectivity index (χ3n) is 3.00. The van der Waals surface area contributed by atoms with Crippen molar-refractivity contribution in [1.82, 2.24) is 10.3 Å². The molecule has 1 heterocycles. The van der Waals surface area contributed by atoms with Crippen LogP contribution in [0.15, 0.2) is 24.4 Å². The summed E-state index contributed by atoms with van der Waals surface area (Å²) in [6.45, 7) is 2.15. The van der Waals surface area contributed by atoms with Gasteiger partial charge in [0, 0.05) is 6.20 Å². The molecule has 0 fully saturated rings. The first-order valence-electron chi connectivity index (χ1n) is 6.11. The van der Waals surface area contributed by atoms with Crippen molar-refractivity contribution in [3.63, 3.8) is 0 Å². The van der Waals surface area contributed by atoms with Crippen LogP contribution in [0.4, 0.5) is 0 Å². The zero-order chi connectivity index (χ0) is 13.0. The molecule has 1 aromatic rings. The lowest BCUT2D eigenvalue weighted by molar-refractivity contribution is -0.117. The molecule has 0 saturated carbocycles. The fraction of sp³-hybridized carbons (Fsp3) is 0.357. The van der Waals surface area contributed by atoms with E-state index < -0.39 is 0 Å². The van der Waals surface area contributed by atoms with Gasteiger partial charge in [0.05, 0.1) is 17.1 Å². The summed E-state index contributed by atoms with van der Waals surface area (Å²) in [7, 11) is 0. The highest BCUT2D eigenvalue weighted by molar-refractivity contribution is 7.99. The van der Waals surface area contributed by atoms with E-state index in [1.165, 1.54) is 22.9 Å². The minimum Gasteiger partial charge on any atom is -0.359 e. The van der Waals surface area contributed by atoms with E-state index in [0.717, 1.165) is 24.2 Å². The number of aromatic nitrogens is 1. The van der Waals surface area contributed by atoms with Crippen molar-refractivity contribution >= 4 is 23.4 Å². The molecule has 0 atom stereocenters. The van der Waals surface area contributed by atoms with Crippen molar-refractivity contribution in [3.05, 3.63) is 41.2 Å². The third-order valence-corrected chi connectivity index (χ3v) is 3.55. The molecule has 3 nitrogen and oxygen atoms in total. The number of aryl methyl sites for hydroxylation is 1. The summed E-state index contributed by atoms with van der Waals surface area (Å²) >= 11 is 1.53. The number of rotatable bonds is 4. The molecule has 0 saturated heterocycles. The van der Waals surface area contributed by atoms with Crippen LogP contribution in [0.1, 0.15) is 23.7 Å². The van der Waals surface area contributed by atoms with E-state index in [2.05, 4.69) is 23.3 Å². The molecular weight excluding hydrogens is 244 g/mol. The van der Waals surface area contributed by atoms with Crippen molar-refractivity contribution < 1.29 is 4.79 Å². The maximum Gasteiger partial charge on any atom is 0.234 e. The predicted octanol–water partition coefficient (Wildman–Crippen LogP) is 2.51. The number of amides is 1. The van der Waals surface area contributed by atoms with Crippen LogP contribution in [0.2, 0.25) is 0 Å². The minimum atomic E-state index is 0.0441. The second-order valence-electron chi connectivity index (χ2n) is 4.21. The molecule has 0 unspecified atom stereocenters. The van der Waals surface area contributed by atoms with Crippen LogP contribution in [0.5, 0.6) is 0 Å². The number of carbonyl (C=O) groups excluding carboxylic acids is 1. The Hall–Kier alpha value is -1.42. The smallest absolute Gasteiger partial charge is 0.234 e. The molecule has 2 N–H and O–H groups in total. The molecule has 0 radical (unpaired) electrons. The normalized spacial score (nSPS) is 13.8. The molecule has 1 aliphatic rings. The van der Waals surface area contributed by atoms with E-state index in [-0.39, 0.29) is 5.91 Å². The van der Waals surface area contributed by atoms with Crippen LogP contribution >= 0.6 is 11.8 Å². The first-order chi connectivity index (χ1) is 8.76. The van der Waals surface area contributed by atoms with Gasteiger partial charge in [0.1, 0.15) is 0 Å². The van der Waals surface area contributed by atoms with Crippen LogP contribution < -0.4 is 5.32 Å². The molecular formula is C14H18N2OS. The summed E-state index contributed by atoms with van der Waals surface area (Å²) in [5, 5.41) is 2.97. The minimum absolute atomic E-state index is 0.0441. The van der Waals surface area contributed by atoms with Gasteiger partial charge in [-0.05, 0) is 36.3 Å². The van der Waals surface area contributed by atoms with Crippen molar-refractivity contribution in [1.29, 1.82) is 0 Å². The molecule has 0 bridgehead atoms. The highest BCUT2D eigenvalue weighted by atomic mass is 32.2. The SMILES string of the molecule is CCc1c[nH]c2c1CC=CC=C2NC(=O)CSC. The Balaban J connectivity index is 2.27. The average Bonchev–Trinajstić information content (AvgIpc) is 2.66. The molecule has 2 rings (SSSR count). The zero-order valence-corrected chi connectivity index (χ0v) is 11.6. The fourth-order valence-electron chi connectivity index (χ4n) is 2.14. The van der Waals surface area contributed by atoms with E-state index in [4.69, 9.17) is 0 Å². The maximum absolute atomic E-state index is 11.7. The van der Waals surface area contributed by atoms with E-state index in [1.54, 1.807) is 0 Å². The van der Waals surface area contributed by atoms with Gasteiger partial charge in [0.25, 0.3) is 0 Å². The van der Waals surface area contributed by atoms with E-state index in [9.17, 15) is 4.79 Å². The van der Waals surface area contributed by atoms with E-state index >= 15 is 0 Å².